The van der Waals surface area contributed by atoms with Gasteiger partial charge in [-0.3, -0.25) is 0 Å². The molecule has 3 nitrogen and oxygen atoms in total. The van der Waals surface area contributed by atoms with Crippen LogP contribution in [0.25, 0.3) is 0 Å². The van der Waals surface area contributed by atoms with Crippen LogP contribution in [0.5, 0.6) is 0 Å². The summed E-state index contributed by atoms with van der Waals surface area (Å²) >= 11 is 3.57. The van der Waals surface area contributed by atoms with Crippen molar-refractivity contribution >= 4 is 23.1 Å². The Bertz CT molecular complexity index is 292. The lowest BCUT2D eigenvalue weighted by Gasteiger charge is -2.03. The minimum Gasteiger partial charge on any atom is -0.382 e. The molecule has 0 aliphatic heterocycles. The topological polar surface area (TPSA) is 34.1 Å². The van der Waals surface area contributed by atoms with Gasteiger partial charge in [0.05, 0.1) is 0 Å². The minimum absolute atomic E-state index is 0.831. The lowest BCUT2D eigenvalue weighted by Crippen LogP contribution is -2.18. The van der Waals surface area contributed by atoms with Gasteiger partial charge in [0.1, 0.15) is 4.34 Å². The zero-order valence-corrected chi connectivity index (χ0v) is 12.3. The fourth-order valence-corrected chi connectivity index (χ4v) is 3.15. The van der Waals surface area contributed by atoms with Gasteiger partial charge in [0.15, 0.2) is 0 Å². The van der Waals surface area contributed by atoms with E-state index in [4.69, 9.17) is 4.74 Å². The zero-order valence-electron chi connectivity index (χ0n) is 10.7. The maximum absolute atomic E-state index is 5.28. The van der Waals surface area contributed by atoms with Crippen LogP contribution in [-0.4, -0.2) is 37.0 Å². The molecule has 0 spiro atoms. The van der Waals surface area contributed by atoms with E-state index >= 15 is 0 Å². The van der Waals surface area contributed by atoms with Crippen LogP contribution in [0.2, 0.25) is 0 Å². The van der Waals surface area contributed by atoms with Crippen molar-refractivity contribution < 1.29 is 4.74 Å². The smallest absolute Gasteiger partial charge is 0.150 e. The van der Waals surface area contributed by atoms with Crippen LogP contribution in [-0.2, 0) is 4.74 Å². The van der Waals surface area contributed by atoms with Crippen molar-refractivity contribution in [2.45, 2.75) is 31.0 Å². The molecule has 1 rings (SSSR count). The molecule has 17 heavy (non-hydrogen) atoms. The summed E-state index contributed by atoms with van der Waals surface area (Å²) in [7, 11) is 0. The molecule has 0 bridgehead atoms. The number of unbranched alkanes of at least 4 members (excludes halogenated alkanes) is 1. The number of nitrogens with one attached hydrogen (secondary N) is 1. The van der Waals surface area contributed by atoms with Crippen molar-refractivity contribution in [1.82, 2.24) is 10.3 Å². The Hall–Kier alpha value is -0.100. The molecule has 5 heteroatoms. The summed E-state index contributed by atoms with van der Waals surface area (Å²) in [5.41, 5.74) is 1.13. The fraction of sp³-hybridized carbons (Fsp3) is 0.750. The van der Waals surface area contributed by atoms with E-state index in [9.17, 15) is 0 Å². The van der Waals surface area contributed by atoms with Crippen LogP contribution < -0.4 is 5.32 Å². The standard InChI is InChI=1S/C12H22N2OS2/c1-3-15-8-5-4-6-13-7-9-16-12-14-11(2)10-17-12/h10,13H,3-9H2,1-2H3. The summed E-state index contributed by atoms with van der Waals surface area (Å²) in [6, 6.07) is 0. The Labute approximate surface area is 112 Å². The van der Waals surface area contributed by atoms with E-state index in [0.29, 0.717) is 0 Å². The highest BCUT2D eigenvalue weighted by atomic mass is 32.2. The van der Waals surface area contributed by atoms with E-state index in [-0.39, 0.29) is 0 Å². The van der Waals surface area contributed by atoms with Crippen molar-refractivity contribution in [2.24, 2.45) is 0 Å². The van der Waals surface area contributed by atoms with Crippen LogP contribution in [0.1, 0.15) is 25.5 Å². The Morgan fingerprint density at radius 2 is 2.29 bits per heavy atom. The molecule has 0 saturated heterocycles. The number of aryl methyl sites for hydroxylation is 1. The number of aromatic nitrogens is 1. The Morgan fingerprint density at radius 3 is 3.00 bits per heavy atom. The summed E-state index contributed by atoms with van der Waals surface area (Å²) in [5, 5.41) is 5.54. The van der Waals surface area contributed by atoms with E-state index in [1.165, 1.54) is 10.8 Å². The number of nitrogens with zero attached hydrogens (tertiary/aromatic N) is 1. The summed E-state index contributed by atoms with van der Waals surface area (Å²) in [5.74, 6) is 1.10. The number of hydrogen-bond acceptors (Lipinski definition) is 5. The second-order valence-electron chi connectivity index (χ2n) is 3.76. The first-order valence-electron chi connectivity index (χ1n) is 6.16. The summed E-state index contributed by atoms with van der Waals surface area (Å²) in [4.78, 5) is 4.42. The molecule has 0 aromatic carbocycles. The molecular formula is C12H22N2OS2. The second-order valence-corrected chi connectivity index (χ2v) is 5.96. The maximum Gasteiger partial charge on any atom is 0.150 e. The highest BCUT2D eigenvalue weighted by Crippen LogP contribution is 2.21. The van der Waals surface area contributed by atoms with E-state index in [2.05, 4.69) is 15.7 Å². The van der Waals surface area contributed by atoms with Gasteiger partial charge >= 0.3 is 0 Å². The van der Waals surface area contributed by atoms with Crippen LogP contribution in [0, 0.1) is 6.92 Å². The first-order valence-corrected chi connectivity index (χ1v) is 8.03. The molecule has 0 fully saturated rings. The number of thiazole rings is 1. The molecule has 1 aromatic heterocycles. The van der Waals surface area contributed by atoms with Gasteiger partial charge in [0.2, 0.25) is 0 Å². The predicted molar refractivity (Wildman–Crippen MR) is 76.2 cm³/mol. The SMILES string of the molecule is CCOCCCCNCCSc1nc(C)cs1. The third kappa shape index (κ3) is 7.76. The van der Waals surface area contributed by atoms with E-state index in [1.807, 2.05) is 25.6 Å². The van der Waals surface area contributed by atoms with Crippen LogP contribution in [0.15, 0.2) is 9.72 Å². The number of rotatable bonds is 10. The molecule has 1 aromatic rings. The van der Waals surface area contributed by atoms with E-state index in [1.54, 1.807) is 11.3 Å². The molecule has 0 aliphatic carbocycles. The molecule has 0 unspecified atom stereocenters. The van der Waals surface area contributed by atoms with Crippen LogP contribution in [0.4, 0.5) is 0 Å². The summed E-state index contributed by atoms with van der Waals surface area (Å²) < 4.78 is 6.46. The minimum atomic E-state index is 0.831. The zero-order chi connectivity index (χ0) is 12.3. The third-order valence-electron chi connectivity index (χ3n) is 2.20. The normalized spacial score (nSPS) is 10.9. The highest BCUT2D eigenvalue weighted by Gasteiger charge is 1.98. The Morgan fingerprint density at radius 1 is 1.41 bits per heavy atom. The van der Waals surface area contributed by atoms with Gasteiger partial charge in [-0.05, 0) is 33.2 Å². The van der Waals surface area contributed by atoms with Crippen molar-refractivity contribution in [1.29, 1.82) is 0 Å². The van der Waals surface area contributed by atoms with Gasteiger partial charge < -0.3 is 10.1 Å². The first kappa shape index (κ1) is 15.0. The monoisotopic (exact) mass is 274 g/mol. The highest BCUT2D eigenvalue weighted by molar-refractivity contribution is 8.01. The Kier molecular flexibility index (Phi) is 8.70. The first-order chi connectivity index (χ1) is 8.33. The predicted octanol–water partition coefficient (Wildman–Crippen LogP) is 2.95. The maximum atomic E-state index is 5.28. The molecule has 0 atom stereocenters. The summed E-state index contributed by atoms with van der Waals surface area (Å²) in [6.07, 6.45) is 2.35. The molecule has 1 heterocycles. The molecule has 0 aliphatic rings. The largest absolute Gasteiger partial charge is 0.382 e. The lowest BCUT2D eigenvalue weighted by atomic mass is 10.3. The van der Waals surface area contributed by atoms with Gasteiger partial charge in [-0.15, -0.1) is 11.3 Å². The molecule has 0 radical (unpaired) electrons. The number of hydrogen-bond donors (Lipinski definition) is 1. The molecular weight excluding hydrogens is 252 g/mol. The van der Waals surface area contributed by atoms with Gasteiger partial charge in [-0.2, -0.15) is 0 Å². The Balaban J connectivity index is 1.84. The average molecular weight is 274 g/mol. The fourth-order valence-electron chi connectivity index (χ4n) is 1.33. The van der Waals surface area contributed by atoms with Crippen molar-refractivity contribution in [3.8, 4) is 0 Å². The van der Waals surface area contributed by atoms with Crippen LogP contribution in [0.3, 0.4) is 0 Å². The number of thioether (sulfide) groups is 1. The van der Waals surface area contributed by atoms with Crippen LogP contribution >= 0.6 is 23.1 Å². The number of ether oxygens (including phenoxy) is 1. The quantitative estimate of drug-likeness (QED) is 0.525. The van der Waals surface area contributed by atoms with Crippen molar-refractivity contribution in [3.05, 3.63) is 11.1 Å². The molecule has 0 saturated carbocycles. The van der Waals surface area contributed by atoms with Gasteiger partial charge in [-0.25, -0.2) is 4.98 Å². The van der Waals surface area contributed by atoms with Crippen molar-refractivity contribution in [2.75, 3.05) is 32.1 Å². The lowest BCUT2D eigenvalue weighted by molar-refractivity contribution is 0.143. The molecule has 0 amide bonds. The third-order valence-corrected chi connectivity index (χ3v) is 4.34. The second kappa shape index (κ2) is 9.88. The van der Waals surface area contributed by atoms with Crippen molar-refractivity contribution in [3.63, 3.8) is 0 Å². The average Bonchev–Trinajstić information content (AvgIpc) is 2.73. The van der Waals surface area contributed by atoms with E-state index in [0.717, 1.165) is 44.2 Å². The van der Waals surface area contributed by atoms with Gasteiger partial charge in [0.25, 0.3) is 0 Å². The molecule has 98 valence electrons. The molecule has 1 N–H and O–H groups in total. The summed E-state index contributed by atoms with van der Waals surface area (Å²) in [6.45, 7) is 7.94. The van der Waals surface area contributed by atoms with E-state index < -0.39 is 0 Å². The van der Waals surface area contributed by atoms with Gasteiger partial charge in [-0.1, -0.05) is 11.8 Å². The van der Waals surface area contributed by atoms with Gasteiger partial charge in [0, 0.05) is 36.6 Å².